The molecular formula is C10H8F2N2O2. The standard InChI is InChI=1S/C10H8F2N2O2/c11-6-1-5(2-7(12)3-6)8-4-9(10(13)15)16-14-8/h1-3,9H,4H2,(H2,13,15). The first-order valence-electron chi connectivity index (χ1n) is 4.55. The van der Waals surface area contributed by atoms with Gasteiger partial charge in [0.25, 0.3) is 5.91 Å². The fraction of sp³-hybridized carbons (Fsp3) is 0.200. The first-order chi connectivity index (χ1) is 7.56. The highest BCUT2D eigenvalue weighted by atomic mass is 19.1. The number of carbonyl (C=O) groups is 1. The largest absolute Gasteiger partial charge is 0.382 e. The molecule has 0 saturated carbocycles. The Morgan fingerprint density at radius 3 is 2.50 bits per heavy atom. The molecule has 0 fully saturated rings. The van der Waals surface area contributed by atoms with Crippen molar-refractivity contribution in [3.05, 3.63) is 35.4 Å². The Kier molecular flexibility index (Phi) is 2.55. The first kappa shape index (κ1) is 10.5. The van der Waals surface area contributed by atoms with Gasteiger partial charge in [0.15, 0.2) is 0 Å². The molecule has 0 radical (unpaired) electrons. The van der Waals surface area contributed by atoms with Crippen LogP contribution in [0.4, 0.5) is 8.78 Å². The van der Waals surface area contributed by atoms with E-state index in [9.17, 15) is 13.6 Å². The minimum Gasteiger partial charge on any atom is -0.382 e. The molecule has 16 heavy (non-hydrogen) atoms. The molecule has 1 heterocycles. The lowest BCUT2D eigenvalue weighted by Gasteiger charge is -2.01. The van der Waals surface area contributed by atoms with Crippen LogP contribution in [-0.2, 0) is 9.63 Å². The number of nitrogens with zero attached hydrogens (tertiary/aromatic N) is 1. The third-order valence-corrected chi connectivity index (χ3v) is 2.18. The van der Waals surface area contributed by atoms with Crippen molar-refractivity contribution in [3.63, 3.8) is 0 Å². The maximum Gasteiger partial charge on any atom is 0.261 e. The zero-order chi connectivity index (χ0) is 11.7. The molecule has 1 unspecified atom stereocenters. The van der Waals surface area contributed by atoms with E-state index < -0.39 is 23.6 Å². The average molecular weight is 226 g/mol. The minimum absolute atomic E-state index is 0.123. The van der Waals surface area contributed by atoms with Gasteiger partial charge in [-0.25, -0.2) is 8.78 Å². The highest BCUT2D eigenvalue weighted by molar-refractivity contribution is 6.03. The number of oxime groups is 1. The number of hydrogen-bond donors (Lipinski definition) is 1. The normalized spacial score (nSPS) is 19.1. The second-order valence-corrected chi connectivity index (χ2v) is 3.40. The summed E-state index contributed by atoms with van der Waals surface area (Å²) in [6.45, 7) is 0. The number of rotatable bonds is 2. The predicted octanol–water partition coefficient (Wildman–Crippen LogP) is 0.943. The topological polar surface area (TPSA) is 64.7 Å². The Morgan fingerprint density at radius 1 is 1.38 bits per heavy atom. The van der Waals surface area contributed by atoms with E-state index in [1.165, 1.54) is 0 Å². The summed E-state index contributed by atoms with van der Waals surface area (Å²) in [6.07, 6.45) is -0.737. The lowest BCUT2D eigenvalue weighted by molar-refractivity contribution is -0.127. The fourth-order valence-electron chi connectivity index (χ4n) is 1.42. The summed E-state index contributed by atoms with van der Waals surface area (Å²) < 4.78 is 25.8. The second kappa shape index (κ2) is 3.88. The zero-order valence-electron chi connectivity index (χ0n) is 8.11. The van der Waals surface area contributed by atoms with Crippen LogP contribution in [0, 0.1) is 11.6 Å². The van der Waals surface area contributed by atoms with Crippen LogP contribution < -0.4 is 5.73 Å². The number of nitrogens with two attached hydrogens (primary N) is 1. The highest BCUT2D eigenvalue weighted by Crippen LogP contribution is 2.18. The molecule has 1 aliphatic rings. The van der Waals surface area contributed by atoms with E-state index in [1.807, 2.05) is 0 Å². The van der Waals surface area contributed by atoms with Gasteiger partial charge in [-0.1, -0.05) is 5.16 Å². The van der Waals surface area contributed by atoms with Crippen LogP contribution in [0.3, 0.4) is 0 Å². The molecule has 1 aromatic rings. The van der Waals surface area contributed by atoms with Gasteiger partial charge in [-0.05, 0) is 12.1 Å². The Balaban J connectivity index is 2.23. The van der Waals surface area contributed by atoms with Gasteiger partial charge >= 0.3 is 0 Å². The number of benzene rings is 1. The van der Waals surface area contributed by atoms with Gasteiger partial charge in [-0.2, -0.15) is 0 Å². The molecule has 0 aromatic heterocycles. The van der Waals surface area contributed by atoms with Crippen LogP contribution >= 0.6 is 0 Å². The molecule has 1 aromatic carbocycles. The van der Waals surface area contributed by atoms with Crippen LogP contribution in [0.15, 0.2) is 23.4 Å². The molecule has 2 N–H and O–H groups in total. The lowest BCUT2D eigenvalue weighted by atomic mass is 10.0. The van der Waals surface area contributed by atoms with Crippen LogP contribution in [-0.4, -0.2) is 17.7 Å². The molecule has 0 saturated heterocycles. The molecular weight excluding hydrogens is 218 g/mol. The summed E-state index contributed by atoms with van der Waals surface area (Å²) >= 11 is 0. The molecule has 6 heteroatoms. The summed E-state index contributed by atoms with van der Waals surface area (Å²) in [4.78, 5) is 15.5. The zero-order valence-corrected chi connectivity index (χ0v) is 8.11. The van der Waals surface area contributed by atoms with Crippen molar-refractivity contribution in [1.82, 2.24) is 0 Å². The number of hydrogen-bond acceptors (Lipinski definition) is 3. The second-order valence-electron chi connectivity index (χ2n) is 3.40. The van der Waals surface area contributed by atoms with E-state index in [1.54, 1.807) is 0 Å². The summed E-state index contributed by atoms with van der Waals surface area (Å²) in [5.41, 5.74) is 5.57. The Bertz CT molecular complexity index is 454. The van der Waals surface area contributed by atoms with Gasteiger partial charge in [-0.15, -0.1) is 0 Å². The van der Waals surface area contributed by atoms with Crippen molar-refractivity contribution in [3.8, 4) is 0 Å². The van der Waals surface area contributed by atoms with Crippen LogP contribution in [0.2, 0.25) is 0 Å². The van der Waals surface area contributed by atoms with Gasteiger partial charge in [0.2, 0.25) is 6.10 Å². The molecule has 0 spiro atoms. The quantitative estimate of drug-likeness (QED) is 0.815. The molecule has 1 atom stereocenters. The molecule has 0 aliphatic carbocycles. The number of primary amides is 1. The van der Waals surface area contributed by atoms with Crippen LogP contribution in [0.25, 0.3) is 0 Å². The highest BCUT2D eigenvalue weighted by Gasteiger charge is 2.27. The minimum atomic E-state index is -0.860. The third kappa shape index (κ3) is 2.00. The monoisotopic (exact) mass is 226 g/mol. The molecule has 4 nitrogen and oxygen atoms in total. The molecule has 84 valence electrons. The lowest BCUT2D eigenvalue weighted by Crippen LogP contribution is -2.28. The number of halogens is 2. The van der Waals surface area contributed by atoms with Crippen LogP contribution in [0.5, 0.6) is 0 Å². The van der Waals surface area contributed by atoms with Crippen molar-refractivity contribution < 1.29 is 18.4 Å². The molecule has 1 amide bonds. The van der Waals surface area contributed by atoms with Gasteiger partial charge in [0.05, 0.1) is 5.71 Å². The summed E-state index contributed by atoms with van der Waals surface area (Å²) in [5, 5.41) is 3.57. The van der Waals surface area contributed by atoms with Crippen LogP contribution in [0.1, 0.15) is 12.0 Å². The van der Waals surface area contributed by atoms with E-state index in [0.717, 1.165) is 18.2 Å². The van der Waals surface area contributed by atoms with Crippen molar-refractivity contribution in [1.29, 1.82) is 0 Å². The van der Waals surface area contributed by atoms with Crippen molar-refractivity contribution in [2.24, 2.45) is 10.9 Å². The van der Waals surface area contributed by atoms with E-state index in [0.29, 0.717) is 5.71 Å². The van der Waals surface area contributed by atoms with Crippen molar-refractivity contribution >= 4 is 11.6 Å². The maximum atomic E-state index is 12.9. The maximum absolute atomic E-state index is 12.9. The van der Waals surface area contributed by atoms with Gasteiger partial charge in [0.1, 0.15) is 11.6 Å². The summed E-state index contributed by atoms with van der Waals surface area (Å²) in [6, 6.07) is 2.99. The summed E-state index contributed by atoms with van der Waals surface area (Å²) in [5.74, 6) is -2.07. The van der Waals surface area contributed by atoms with Gasteiger partial charge in [-0.3, -0.25) is 4.79 Å². The Hall–Kier alpha value is -1.98. The Labute approximate surface area is 89.7 Å². The van der Waals surface area contributed by atoms with Gasteiger partial charge in [0, 0.05) is 18.1 Å². The number of carbonyl (C=O) groups excluding carboxylic acids is 1. The predicted molar refractivity (Wildman–Crippen MR) is 51.6 cm³/mol. The van der Waals surface area contributed by atoms with E-state index >= 15 is 0 Å². The summed E-state index contributed by atoms with van der Waals surface area (Å²) in [7, 11) is 0. The van der Waals surface area contributed by atoms with Crippen molar-refractivity contribution in [2.45, 2.75) is 12.5 Å². The molecule has 1 aliphatic heterocycles. The molecule has 0 bridgehead atoms. The van der Waals surface area contributed by atoms with E-state index in [4.69, 9.17) is 10.6 Å². The smallest absolute Gasteiger partial charge is 0.261 e. The average Bonchev–Trinajstić information content (AvgIpc) is 2.64. The SMILES string of the molecule is NC(=O)C1CC(c2cc(F)cc(F)c2)=NO1. The fourth-order valence-corrected chi connectivity index (χ4v) is 1.42. The molecule has 2 rings (SSSR count). The van der Waals surface area contributed by atoms with E-state index in [-0.39, 0.29) is 12.0 Å². The van der Waals surface area contributed by atoms with Gasteiger partial charge < -0.3 is 10.6 Å². The van der Waals surface area contributed by atoms with E-state index in [2.05, 4.69) is 5.16 Å². The first-order valence-corrected chi connectivity index (χ1v) is 4.55. The number of amides is 1. The third-order valence-electron chi connectivity index (χ3n) is 2.18. The van der Waals surface area contributed by atoms with Crippen molar-refractivity contribution in [2.75, 3.05) is 0 Å². The Morgan fingerprint density at radius 2 is 2.00 bits per heavy atom.